The predicted molar refractivity (Wildman–Crippen MR) is 124 cm³/mol. The van der Waals surface area contributed by atoms with Crippen LogP contribution in [-0.2, 0) is 34.7 Å². The van der Waals surface area contributed by atoms with Gasteiger partial charge in [-0.15, -0.1) is 11.3 Å². The second kappa shape index (κ2) is 10.1. The summed E-state index contributed by atoms with van der Waals surface area (Å²) < 4.78 is 58.3. The molecule has 1 aliphatic rings. The highest BCUT2D eigenvalue weighted by atomic mass is 35.5. The summed E-state index contributed by atoms with van der Waals surface area (Å²) in [4.78, 5) is 8.72. The van der Waals surface area contributed by atoms with Crippen molar-refractivity contribution in [3.8, 4) is 10.6 Å². The molecule has 2 aromatic heterocycles. The van der Waals surface area contributed by atoms with Gasteiger partial charge in [0.2, 0.25) is 5.95 Å². The first kappa shape index (κ1) is 24.1. The van der Waals surface area contributed by atoms with E-state index in [0.717, 1.165) is 41.6 Å². The summed E-state index contributed by atoms with van der Waals surface area (Å²) in [6.45, 7) is 1.83. The minimum Gasteiger partial charge on any atom is -0.384 e. The molecule has 0 spiro atoms. The van der Waals surface area contributed by atoms with Crippen LogP contribution in [0.4, 0.5) is 24.8 Å². The van der Waals surface area contributed by atoms with Gasteiger partial charge in [0.1, 0.15) is 5.56 Å². The summed E-state index contributed by atoms with van der Waals surface area (Å²) in [5.74, 6) is 0.242. The second-order valence-electron chi connectivity index (χ2n) is 7.30. The summed E-state index contributed by atoms with van der Waals surface area (Å²) in [6.07, 6.45) is -3.08. The third-order valence-corrected chi connectivity index (χ3v) is 7.76. The van der Waals surface area contributed by atoms with Gasteiger partial charge in [-0.3, -0.25) is 4.21 Å². The molecule has 0 saturated heterocycles. The molecule has 33 heavy (non-hydrogen) atoms. The lowest BCUT2D eigenvalue weighted by atomic mass is 10.0. The first-order chi connectivity index (χ1) is 15.8. The molecule has 0 bridgehead atoms. The molecule has 6 nitrogen and oxygen atoms in total. The summed E-state index contributed by atoms with van der Waals surface area (Å²) in [7, 11) is 0.110. The lowest BCUT2D eigenvalue weighted by molar-refractivity contribution is -0.137. The number of halogens is 4. The number of ether oxygens (including phenoxy) is 1. The maximum Gasteiger partial charge on any atom is 0.420 e. The van der Waals surface area contributed by atoms with E-state index in [0.29, 0.717) is 22.2 Å². The van der Waals surface area contributed by atoms with Crippen LogP contribution in [0.3, 0.4) is 0 Å². The van der Waals surface area contributed by atoms with Gasteiger partial charge >= 0.3 is 6.18 Å². The third-order valence-electron chi connectivity index (χ3n) is 5.06. The van der Waals surface area contributed by atoms with Crippen LogP contribution in [0.1, 0.15) is 16.7 Å². The largest absolute Gasteiger partial charge is 0.420 e. The molecule has 176 valence electrons. The molecule has 0 fully saturated rings. The molecule has 0 amide bonds. The van der Waals surface area contributed by atoms with Crippen molar-refractivity contribution < 1.29 is 22.1 Å². The Labute approximate surface area is 200 Å². The maximum absolute atomic E-state index is 13.7. The van der Waals surface area contributed by atoms with Crippen molar-refractivity contribution in [2.45, 2.75) is 24.0 Å². The SMILES string of the molecule is COCCS(=O)c1csc(-c2nc(Nc3cc4c(cc3Cl)CNCC4)ncc2C(F)(F)F)c1. The van der Waals surface area contributed by atoms with Crippen molar-refractivity contribution >= 4 is 45.4 Å². The number of alkyl halides is 3. The van der Waals surface area contributed by atoms with E-state index in [2.05, 4.69) is 20.6 Å². The third kappa shape index (κ3) is 5.55. The Morgan fingerprint density at radius 2 is 2.12 bits per heavy atom. The summed E-state index contributed by atoms with van der Waals surface area (Å²) in [5.41, 5.74) is 1.47. The minimum atomic E-state index is -4.65. The monoisotopic (exact) mass is 516 g/mol. The molecule has 0 aliphatic carbocycles. The van der Waals surface area contributed by atoms with Crippen LogP contribution in [0.2, 0.25) is 5.02 Å². The summed E-state index contributed by atoms with van der Waals surface area (Å²) in [5, 5.41) is 8.22. The highest BCUT2D eigenvalue weighted by Crippen LogP contribution is 2.39. The zero-order valence-corrected chi connectivity index (χ0v) is 19.9. The molecule has 0 radical (unpaired) electrons. The lowest BCUT2D eigenvalue weighted by Crippen LogP contribution is -2.23. The number of thiophene rings is 1. The van der Waals surface area contributed by atoms with Crippen LogP contribution in [0.15, 0.2) is 34.7 Å². The molecule has 4 rings (SSSR count). The van der Waals surface area contributed by atoms with E-state index < -0.39 is 22.5 Å². The van der Waals surface area contributed by atoms with E-state index in [1.165, 1.54) is 13.2 Å². The summed E-state index contributed by atoms with van der Waals surface area (Å²) in [6, 6.07) is 5.18. The number of nitrogens with one attached hydrogen (secondary N) is 2. The van der Waals surface area contributed by atoms with Crippen LogP contribution < -0.4 is 10.6 Å². The Morgan fingerprint density at radius 1 is 1.30 bits per heavy atom. The van der Waals surface area contributed by atoms with E-state index in [4.69, 9.17) is 16.3 Å². The van der Waals surface area contributed by atoms with Gasteiger partial charge in [-0.2, -0.15) is 13.2 Å². The molecular formula is C21H20ClF3N4O2S2. The average Bonchev–Trinajstić information content (AvgIpc) is 3.27. The van der Waals surface area contributed by atoms with Gasteiger partial charge in [0, 0.05) is 25.2 Å². The van der Waals surface area contributed by atoms with E-state index in [-0.39, 0.29) is 28.9 Å². The molecule has 1 aliphatic heterocycles. The quantitative estimate of drug-likeness (QED) is 0.459. The Bertz CT molecular complexity index is 1190. The number of benzene rings is 1. The average molecular weight is 517 g/mol. The number of methoxy groups -OCH3 is 1. The van der Waals surface area contributed by atoms with Crippen LogP contribution in [0, 0.1) is 0 Å². The number of hydrogen-bond acceptors (Lipinski definition) is 7. The topological polar surface area (TPSA) is 76.1 Å². The number of nitrogens with zero attached hydrogens (tertiary/aromatic N) is 2. The first-order valence-electron chi connectivity index (χ1n) is 9.95. The van der Waals surface area contributed by atoms with E-state index in [1.807, 2.05) is 12.1 Å². The molecular weight excluding hydrogens is 497 g/mol. The fraction of sp³-hybridized carbons (Fsp3) is 0.333. The fourth-order valence-corrected chi connectivity index (χ4v) is 5.85. The Morgan fingerprint density at radius 3 is 2.88 bits per heavy atom. The van der Waals surface area contributed by atoms with Crippen molar-refractivity contribution in [3.05, 3.63) is 51.5 Å². The van der Waals surface area contributed by atoms with Gasteiger partial charge in [-0.05, 0) is 42.3 Å². The number of hydrogen-bond donors (Lipinski definition) is 2. The molecule has 1 unspecified atom stereocenters. The molecule has 1 atom stereocenters. The van der Waals surface area contributed by atoms with E-state index >= 15 is 0 Å². The van der Waals surface area contributed by atoms with Gasteiger partial charge in [-0.1, -0.05) is 11.6 Å². The standard InChI is InChI=1S/C21H20ClF3N4O2S2/c1-31-4-5-33(30)14-8-18(32-11-14)19-15(21(23,24)25)10-27-20(29-19)28-17-7-12-2-3-26-9-13(12)6-16(17)22/h6-8,10-11,26H,2-5,9H2,1H3,(H,27,28,29). The smallest absolute Gasteiger partial charge is 0.384 e. The molecule has 1 aromatic carbocycles. The van der Waals surface area contributed by atoms with Crippen LogP contribution >= 0.6 is 22.9 Å². The second-order valence-corrected chi connectivity index (χ2v) is 10.2. The first-order valence-corrected chi connectivity index (χ1v) is 12.5. The number of rotatable bonds is 7. The molecule has 2 N–H and O–H groups in total. The number of fused-ring (bicyclic) bond motifs is 1. The Hall–Kier alpha value is -2.05. The van der Waals surface area contributed by atoms with Crippen molar-refractivity contribution in [1.29, 1.82) is 0 Å². The van der Waals surface area contributed by atoms with E-state index in [9.17, 15) is 17.4 Å². The van der Waals surface area contributed by atoms with Gasteiger partial charge in [-0.25, -0.2) is 9.97 Å². The van der Waals surface area contributed by atoms with E-state index in [1.54, 1.807) is 5.38 Å². The van der Waals surface area contributed by atoms with Crippen molar-refractivity contribution in [1.82, 2.24) is 15.3 Å². The van der Waals surface area contributed by atoms with Crippen LogP contribution in [0.5, 0.6) is 0 Å². The van der Waals surface area contributed by atoms with Crippen LogP contribution in [-0.4, -0.2) is 40.2 Å². The Kier molecular flexibility index (Phi) is 7.34. The van der Waals surface area contributed by atoms with Gasteiger partial charge in [0.25, 0.3) is 0 Å². The van der Waals surface area contributed by atoms with Crippen molar-refractivity contribution in [3.63, 3.8) is 0 Å². The zero-order valence-electron chi connectivity index (χ0n) is 17.5. The number of anilines is 2. The summed E-state index contributed by atoms with van der Waals surface area (Å²) >= 11 is 7.43. The molecule has 3 heterocycles. The lowest BCUT2D eigenvalue weighted by Gasteiger charge is -2.19. The normalized spacial score (nSPS) is 14.7. The number of aromatic nitrogens is 2. The van der Waals surface area contributed by atoms with Crippen molar-refractivity contribution in [2.24, 2.45) is 0 Å². The molecule has 3 aromatic rings. The van der Waals surface area contributed by atoms with Gasteiger partial charge in [0.05, 0.1) is 49.3 Å². The minimum absolute atomic E-state index is 0.00996. The van der Waals surface area contributed by atoms with Gasteiger partial charge < -0.3 is 15.4 Å². The fourth-order valence-electron chi connectivity index (χ4n) is 3.40. The molecule has 0 saturated carbocycles. The maximum atomic E-state index is 13.7. The highest BCUT2D eigenvalue weighted by Gasteiger charge is 2.36. The Balaban J connectivity index is 1.68. The zero-order chi connectivity index (χ0) is 23.6. The van der Waals surface area contributed by atoms with Crippen molar-refractivity contribution in [2.75, 3.05) is 31.3 Å². The van der Waals surface area contributed by atoms with Crippen LogP contribution in [0.25, 0.3) is 10.6 Å². The predicted octanol–water partition coefficient (Wildman–Crippen LogP) is 5.02. The van der Waals surface area contributed by atoms with Gasteiger partial charge in [0.15, 0.2) is 0 Å². The molecule has 12 heteroatoms. The highest BCUT2D eigenvalue weighted by molar-refractivity contribution is 7.85.